The van der Waals surface area contributed by atoms with E-state index < -0.39 is 34.2 Å². The van der Waals surface area contributed by atoms with E-state index in [-0.39, 0.29) is 56.9 Å². The molecule has 3 heterocycles. The van der Waals surface area contributed by atoms with Gasteiger partial charge in [-0.25, -0.2) is 0 Å². The fraction of sp³-hybridized carbons (Fsp3) is 0.310. The van der Waals surface area contributed by atoms with Gasteiger partial charge in [-0.15, -0.1) is 0 Å². The van der Waals surface area contributed by atoms with Gasteiger partial charge in [0.2, 0.25) is 17.0 Å². The quantitative estimate of drug-likeness (QED) is 0.532. The summed E-state index contributed by atoms with van der Waals surface area (Å²) in [6.45, 7) is 2.61. The molecule has 0 spiro atoms. The van der Waals surface area contributed by atoms with Gasteiger partial charge in [0.1, 0.15) is 22.6 Å². The molecule has 3 aromatic rings. The van der Waals surface area contributed by atoms with Gasteiger partial charge in [0.05, 0.1) is 31.8 Å². The summed E-state index contributed by atoms with van der Waals surface area (Å²) in [4.78, 5) is 56.3. The molecule has 198 valence electrons. The highest BCUT2D eigenvalue weighted by Gasteiger charge is 2.49. The van der Waals surface area contributed by atoms with Gasteiger partial charge < -0.3 is 28.6 Å². The van der Waals surface area contributed by atoms with Crippen molar-refractivity contribution in [2.24, 2.45) is 0 Å². The van der Waals surface area contributed by atoms with Gasteiger partial charge in [-0.05, 0) is 37.0 Å². The van der Waals surface area contributed by atoms with Gasteiger partial charge in [-0.1, -0.05) is 6.07 Å². The minimum Gasteiger partial charge on any atom is -0.506 e. The van der Waals surface area contributed by atoms with Crippen LogP contribution in [0.2, 0.25) is 0 Å². The van der Waals surface area contributed by atoms with E-state index in [4.69, 9.17) is 18.6 Å². The van der Waals surface area contributed by atoms with Crippen LogP contribution < -0.4 is 14.9 Å². The van der Waals surface area contributed by atoms with Gasteiger partial charge >= 0.3 is 0 Å². The highest BCUT2D eigenvalue weighted by molar-refractivity contribution is 6.41. The zero-order valence-corrected chi connectivity index (χ0v) is 21.4. The number of fused-ring (bicyclic) bond motifs is 6. The largest absolute Gasteiger partial charge is 0.506 e. The van der Waals surface area contributed by atoms with Crippen LogP contribution in [0.3, 0.4) is 0 Å². The second kappa shape index (κ2) is 7.79. The average Bonchev–Trinajstić information content (AvgIpc) is 3.31. The van der Waals surface area contributed by atoms with E-state index in [1.165, 1.54) is 26.4 Å². The summed E-state index contributed by atoms with van der Waals surface area (Å²) in [5.41, 5.74) is -0.244. The number of carbonyl (C=O) groups is 3. The van der Waals surface area contributed by atoms with Crippen LogP contribution in [-0.4, -0.2) is 60.6 Å². The standard InChI is InChI=1S/C29H23NO9/c1-29-11-13-8-12-4-5-14-21(19(12)25(33)20(13)28(35)30(29)6-7-38-29)26(34)22-23(31)15-9-17(36-2)18(37-3)10-16(15)39-27(22)24(14)32/h8-10,33H,4-7,11H2,1-3H3/t29-/m1/s1. The number of carbonyl (C=O) groups excluding carboxylic acids is 3. The molecule has 2 aliphatic carbocycles. The molecule has 1 amide bonds. The summed E-state index contributed by atoms with van der Waals surface area (Å²) >= 11 is 0. The molecule has 1 saturated heterocycles. The molecular formula is C29H23NO9. The van der Waals surface area contributed by atoms with Crippen LogP contribution in [0.1, 0.15) is 61.3 Å². The van der Waals surface area contributed by atoms with Crippen molar-refractivity contribution in [2.75, 3.05) is 27.4 Å². The third kappa shape index (κ3) is 2.94. The fourth-order valence-electron chi connectivity index (χ4n) is 6.42. The number of phenols is 1. The van der Waals surface area contributed by atoms with Gasteiger partial charge in [0.15, 0.2) is 17.3 Å². The van der Waals surface area contributed by atoms with Crippen molar-refractivity contribution < 1.29 is 38.1 Å². The number of methoxy groups -OCH3 is 2. The highest BCUT2D eigenvalue weighted by Crippen LogP contribution is 2.48. The van der Waals surface area contributed by atoms with Crippen molar-refractivity contribution in [1.29, 1.82) is 0 Å². The molecule has 10 heteroatoms. The Morgan fingerprint density at radius 1 is 0.923 bits per heavy atom. The molecule has 0 saturated carbocycles. The lowest BCUT2D eigenvalue weighted by Gasteiger charge is -2.39. The summed E-state index contributed by atoms with van der Waals surface area (Å²) in [7, 11) is 2.84. The Balaban J connectivity index is 1.45. The van der Waals surface area contributed by atoms with E-state index in [1.807, 2.05) is 13.0 Å². The molecule has 0 unspecified atom stereocenters. The Morgan fingerprint density at radius 2 is 1.67 bits per heavy atom. The van der Waals surface area contributed by atoms with Crippen LogP contribution >= 0.6 is 0 Å². The lowest BCUT2D eigenvalue weighted by Crippen LogP contribution is -2.51. The maximum atomic E-state index is 14.0. The molecule has 0 radical (unpaired) electrons. The Labute approximate surface area is 221 Å². The zero-order valence-electron chi connectivity index (χ0n) is 21.4. The molecule has 2 aromatic carbocycles. The van der Waals surface area contributed by atoms with Crippen molar-refractivity contribution in [3.8, 4) is 17.2 Å². The molecule has 0 bridgehead atoms. The second-order valence-corrected chi connectivity index (χ2v) is 10.3. The maximum Gasteiger partial charge on any atom is 0.260 e. The van der Waals surface area contributed by atoms with E-state index in [2.05, 4.69) is 0 Å². The van der Waals surface area contributed by atoms with Crippen LogP contribution in [0, 0.1) is 0 Å². The normalized spacial score (nSPS) is 21.4. The van der Waals surface area contributed by atoms with Crippen LogP contribution in [0.5, 0.6) is 17.2 Å². The van der Waals surface area contributed by atoms with Gasteiger partial charge in [-0.2, -0.15) is 0 Å². The van der Waals surface area contributed by atoms with Crippen LogP contribution in [0.15, 0.2) is 33.0 Å². The number of allylic oxidation sites excluding steroid dienone is 2. The third-order valence-corrected chi connectivity index (χ3v) is 8.27. The third-order valence-electron chi connectivity index (χ3n) is 8.27. The van der Waals surface area contributed by atoms with Gasteiger partial charge in [0.25, 0.3) is 5.91 Å². The monoisotopic (exact) mass is 529 g/mol. The number of aryl methyl sites for hydroxylation is 1. The number of aromatic hydroxyl groups is 1. The summed E-state index contributed by atoms with van der Waals surface area (Å²) < 4.78 is 22.3. The molecule has 4 aliphatic rings. The van der Waals surface area contributed by atoms with E-state index >= 15 is 0 Å². The smallest absolute Gasteiger partial charge is 0.260 e. The number of ketones is 2. The Bertz CT molecular complexity index is 1800. The molecular weight excluding hydrogens is 506 g/mol. The predicted octanol–water partition coefficient (Wildman–Crippen LogP) is 3.04. The number of hydrogen-bond acceptors (Lipinski definition) is 9. The van der Waals surface area contributed by atoms with Crippen LogP contribution in [0.4, 0.5) is 0 Å². The number of rotatable bonds is 2. The van der Waals surface area contributed by atoms with Gasteiger partial charge in [0, 0.05) is 35.7 Å². The Kier molecular flexibility index (Phi) is 4.73. The summed E-state index contributed by atoms with van der Waals surface area (Å²) in [5, 5.41) is 11.5. The van der Waals surface area contributed by atoms with E-state index in [0.717, 1.165) is 0 Å². The molecule has 1 aromatic heterocycles. The molecule has 10 nitrogen and oxygen atoms in total. The number of phenolic OH excluding ortho intramolecular Hbond substituents is 1. The van der Waals surface area contributed by atoms with Crippen LogP contribution in [0.25, 0.3) is 16.5 Å². The van der Waals surface area contributed by atoms with E-state index in [1.54, 1.807) is 4.90 Å². The summed E-state index contributed by atoms with van der Waals surface area (Å²) in [6, 6.07) is 4.65. The van der Waals surface area contributed by atoms with Crippen molar-refractivity contribution in [3.63, 3.8) is 0 Å². The van der Waals surface area contributed by atoms with Crippen molar-refractivity contribution in [2.45, 2.75) is 31.9 Å². The SMILES string of the molecule is COc1cc2oc3c(c(=O)c2cc1OC)C(=O)C1=C(CCc2cc4c(c(O)c21)C(=O)N1CCO[C@]1(C)C4)C3=O. The van der Waals surface area contributed by atoms with Crippen molar-refractivity contribution >= 4 is 34.0 Å². The minimum absolute atomic E-state index is 0.0470. The first-order chi connectivity index (χ1) is 18.7. The number of nitrogens with zero attached hydrogens (tertiary/aromatic N) is 1. The first kappa shape index (κ1) is 23.7. The first-order valence-electron chi connectivity index (χ1n) is 12.6. The average molecular weight is 530 g/mol. The molecule has 7 rings (SSSR count). The number of hydrogen-bond donors (Lipinski definition) is 1. The lowest BCUT2D eigenvalue weighted by molar-refractivity contribution is -0.0569. The second-order valence-electron chi connectivity index (χ2n) is 10.3. The molecule has 1 fully saturated rings. The van der Waals surface area contributed by atoms with Crippen molar-refractivity contribution in [3.05, 3.63) is 67.6 Å². The molecule has 2 aliphatic heterocycles. The Morgan fingerprint density at radius 3 is 2.41 bits per heavy atom. The number of ether oxygens (including phenoxy) is 3. The molecule has 1 atom stereocenters. The number of benzene rings is 2. The van der Waals surface area contributed by atoms with E-state index in [9.17, 15) is 24.3 Å². The predicted molar refractivity (Wildman–Crippen MR) is 137 cm³/mol. The summed E-state index contributed by atoms with van der Waals surface area (Å²) in [6.07, 6.45) is 0.963. The number of amides is 1. The van der Waals surface area contributed by atoms with E-state index in [0.29, 0.717) is 42.9 Å². The topological polar surface area (TPSA) is 133 Å². The number of Topliss-reactive ketones (excluding diaryl/α,β-unsaturated/α-hetero) is 2. The van der Waals surface area contributed by atoms with Crippen LogP contribution in [-0.2, 0) is 17.6 Å². The highest BCUT2D eigenvalue weighted by atomic mass is 16.5. The Hall–Kier alpha value is -4.44. The van der Waals surface area contributed by atoms with Crippen molar-refractivity contribution in [1.82, 2.24) is 4.90 Å². The minimum atomic E-state index is -0.802. The first-order valence-corrected chi connectivity index (χ1v) is 12.6. The summed E-state index contributed by atoms with van der Waals surface area (Å²) in [5.74, 6) is -1.85. The maximum absolute atomic E-state index is 14.0. The molecule has 1 N–H and O–H groups in total. The zero-order chi connectivity index (χ0) is 27.4. The lowest BCUT2D eigenvalue weighted by atomic mass is 9.74. The fourth-order valence-corrected chi connectivity index (χ4v) is 6.42. The molecule has 39 heavy (non-hydrogen) atoms. The van der Waals surface area contributed by atoms with Gasteiger partial charge in [-0.3, -0.25) is 19.2 Å².